The summed E-state index contributed by atoms with van der Waals surface area (Å²) in [6.07, 6.45) is 2.80. The average molecular weight is 331 g/mol. The third-order valence-corrected chi connectivity index (χ3v) is 4.37. The average Bonchev–Trinajstić information content (AvgIpc) is 3.25. The van der Waals surface area contributed by atoms with Gasteiger partial charge in [-0.1, -0.05) is 0 Å². The first kappa shape index (κ1) is 16.2. The van der Waals surface area contributed by atoms with Crippen molar-refractivity contribution in [3.63, 3.8) is 0 Å². The van der Waals surface area contributed by atoms with Crippen LogP contribution in [0.15, 0.2) is 12.1 Å². The molecule has 3 heterocycles. The van der Waals surface area contributed by atoms with Crippen LogP contribution in [-0.2, 0) is 27.3 Å². The Labute approximate surface area is 140 Å². The maximum absolute atomic E-state index is 12.4. The summed E-state index contributed by atoms with van der Waals surface area (Å²) < 4.78 is 0. The molecule has 0 aromatic carbocycles. The summed E-state index contributed by atoms with van der Waals surface area (Å²) in [6, 6.07) is 3.40. The molecule has 0 bridgehead atoms. The summed E-state index contributed by atoms with van der Waals surface area (Å²) in [5.41, 5.74) is 2.89. The van der Waals surface area contributed by atoms with Crippen molar-refractivity contribution < 1.29 is 14.4 Å². The number of carbonyl (C=O) groups is 3. The quantitative estimate of drug-likeness (QED) is 0.604. The highest BCUT2D eigenvalue weighted by Gasteiger charge is 2.33. The number of amides is 3. The van der Waals surface area contributed by atoms with Crippen molar-refractivity contribution in [2.24, 2.45) is 0 Å². The second-order valence-electron chi connectivity index (χ2n) is 5.94. The topological polar surface area (TPSA) is 103 Å². The summed E-state index contributed by atoms with van der Waals surface area (Å²) in [5.74, 6) is -0.408. The van der Waals surface area contributed by atoms with Crippen LogP contribution in [0.2, 0.25) is 0 Å². The fourth-order valence-corrected chi connectivity index (χ4v) is 3.18. The van der Waals surface area contributed by atoms with Gasteiger partial charge < -0.3 is 20.9 Å². The molecule has 128 valence electrons. The summed E-state index contributed by atoms with van der Waals surface area (Å²) in [4.78, 5) is 40.8. The van der Waals surface area contributed by atoms with Gasteiger partial charge in [0.1, 0.15) is 6.04 Å². The summed E-state index contributed by atoms with van der Waals surface area (Å²) in [5, 5.41) is 8.46. The Morgan fingerprint density at radius 2 is 2.29 bits per heavy atom. The molecule has 8 heteroatoms. The van der Waals surface area contributed by atoms with Crippen molar-refractivity contribution in [3.05, 3.63) is 23.5 Å². The number of hydrogen-bond acceptors (Lipinski definition) is 5. The lowest BCUT2D eigenvalue weighted by molar-refractivity contribution is -0.138. The predicted molar refractivity (Wildman–Crippen MR) is 87.1 cm³/mol. The lowest BCUT2D eigenvalue weighted by Gasteiger charge is -2.23. The van der Waals surface area contributed by atoms with Crippen LogP contribution >= 0.6 is 0 Å². The molecule has 8 nitrogen and oxygen atoms in total. The Hall–Kier alpha value is -2.64. The van der Waals surface area contributed by atoms with E-state index in [1.54, 1.807) is 0 Å². The van der Waals surface area contributed by atoms with Gasteiger partial charge in [-0.05, 0) is 25.0 Å². The predicted octanol–water partition coefficient (Wildman–Crippen LogP) is -0.597. The smallest absolute Gasteiger partial charge is 0.243 e. The Morgan fingerprint density at radius 1 is 1.42 bits per heavy atom. The molecule has 1 atom stereocenters. The molecule has 24 heavy (non-hydrogen) atoms. The van der Waals surface area contributed by atoms with Gasteiger partial charge in [-0.2, -0.15) is 0 Å². The zero-order chi connectivity index (χ0) is 16.9. The molecule has 3 rings (SSSR count). The molecule has 1 aromatic heterocycles. The number of rotatable bonds is 6. The van der Waals surface area contributed by atoms with E-state index in [1.165, 1.54) is 4.90 Å². The van der Waals surface area contributed by atoms with Gasteiger partial charge in [-0.15, -0.1) is 0 Å². The molecule has 0 aliphatic carbocycles. The van der Waals surface area contributed by atoms with Crippen LogP contribution < -0.4 is 16.0 Å². The van der Waals surface area contributed by atoms with E-state index >= 15 is 0 Å². The third kappa shape index (κ3) is 3.47. The van der Waals surface area contributed by atoms with Crippen molar-refractivity contribution in [2.45, 2.75) is 31.8 Å². The second kappa shape index (κ2) is 7.29. The first-order chi connectivity index (χ1) is 11.7. The Bertz CT molecular complexity index is 649. The van der Waals surface area contributed by atoms with E-state index in [2.05, 4.69) is 20.9 Å². The highest BCUT2D eigenvalue weighted by molar-refractivity contribution is 5.89. The van der Waals surface area contributed by atoms with Crippen LogP contribution in [0.3, 0.4) is 0 Å². The van der Waals surface area contributed by atoms with Crippen molar-refractivity contribution in [1.29, 1.82) is 0 Å². The lowest BCUT2D eigenvalue weighted by Crippen LogP contribution is -2.48. The van der Waals surface area contributed by atoms with Crippen molar-refractivity contribution in [3.8, 4) is 0 Å². The number of nitrogens with one attached hydrogen (secondary N) is 3. The van der Waals surface area contributed by atoms with Crippen LogP contribution in [0.1, 0.15) is 24.2 Å². The largest absolute Gasteiger partial charge is 0.383 e. The molecule has 3 N–H and O–H groups in total. The number of hydrogen-bond donors (Lipinski definition) is 3. The van der Waals surface area contributed by atoms with Gasteiger partial charge in [0.2, 0.25) is 18.2 Å². The van der Waals surface area contributed by atoms with Gasteiger partial charge >= 0.3 is 0 Å². The first-order valence-corrected chi connectivity index (χ1v) is 8.16. The van der Waals surface area contributed by atoms with Gasteiger partial charge in [-0.25, -0.2) is 0 Å². The number of carbonyl (C=O) groups excluding carboxylic acids is 3. The van der Waals surface area contributed by atoms with E-state index in [4.69, 9.17) is 0 Å². The molecular formula is C16H21N5O3. The number of pyridine rings is 1. The van der Waals surface area contributed by atoms with E-state index in [9.17, 15) is 14.4 Å². The molecule has 1 fully saturated rings. The normalized spacial score (nSPS) is 18.7. The summed E-state index contributed by atoms with van der Waals surface area (Å²) in [6.45, 7) is 1.70. The fraction of sp³-hybridized carbons (Fsp3) is 0.500. The minimum Gasteiger partial charge on any atom is -0.383 e. The Morgan fingerprint density at radius 3 is 3.12 bits per heavy atom. The molecule has 1 aromatic rings. The Kier molecular flexibility index (Phi) is 4.93. The third-order valence-electron chi connectivity index (χ3n) is 4.37. The molecule has 0 saturated carbocycles. The van der Waals surface area contributed by atoms with Gasteiger partial charge in [0.25, 0.3) is 0 Å². The lowest BCUT2D eigenvalue weighted by atomic mass is 10.2. The zero-order valence-corrected chi connectivity index (χ0v) is 13.4. The molecular weight excluding hydrogens is 310 g/mol. The number of aromatic nitrogens is 1. The molecule has 3 amide bonds. The van der Waals surface area contributed by atoms with Crippen LogP contribution in [0.4, 0.5) is 5.69 Å². The van der Waals surface area contributed by atoms with Crippen LogP contribution in [0.5, 0.6) is 0 Å². The van der Waals surface area contributed by atoms with Gasteiger partial charge in [0.15, 0.2) is 0 Å². The van der Waals surface area contributed by atoms with Crippen molar-refractivity contribution in [2.75, 3.05) is 25.0 Å². The minimum atomic E-state index is -0.470. The van der Waals surface area contributed by atoms with E-state index in [-0.39, 0.29) is 18.4 Å². The second-order valence-corrected chi connectivity index (χ2v) is 5.94. The van der Waals surface area contributed by atoms with Crippen LogP contribution in [0.25, 0.3) is 0 Å². The molecule has 1 unspecified atom stereocenters. The van der Waals surface area contributed by atoms with Crippen molar-refractivity contribution >= 4 is 23.9 Å². The standard InChI is InChI=1S/C16H21N5O3/c22-10-17-9-15(23)21-7-1-2-14(21)16(24)19-8-11-3-4-12-13(20-11)5-6-18-12/h3-4,10,14,18H,1-2,5-9H2,(H,17,22)(H,19,24). The molecule has 1 saturated heterocycles. The Balaban J connectivity index is 1.56. The van der Waals surface area contributed by atoms with E-state index in [0.29, 0.717) is 25.9 Å². The fourth-order valence-electron chi connectivity index (χ4n) is 3.18. The van der Waals surface area contributed by atoms with E-state index in [1.807, 2.05) is 12.1 Å². The SMILES string of the molecule is O=CNCC(=O)N1CCCC1C(=O)NCc1ccc2c(n1)CCN2. The summed E-state index contributed by atoms with van der Waals surface area (Å²) >= 11 is 0. The van der Waals surface area contributed by atoms with E-state index in [0.717, 1.165) is 36.5 Å². The van der Waals surface area contributed by atoms with Crippen LogP contribution in [-0.4, -0.2) is 53.8 Å². The molecule has 2 aliphatic rings. The van der Waals surface area contributed by atoms with Crippen molar-refractivity contribution in [1.82, 2.24) is 20.5 Å². The highest BCUT2D eigenvalue weighted by atomic mass is 16.2. The number of fused-ring (bicyclic) bond motifs is 1. The maximum Gasteiger partial charge on any atom is 0.243 e. The first-order valence-electron chi connectivity index (χ1n) is 8.16. The molecule has 0 spiro atoms. The van der Waals surface area contributed by atoms with Gasteiger partial charge in [-0.3, -0.25) is 19.4 Å². The highest BCUT2D eigenvalue weighted by Crippen LogP contribution is 2.20. The number of nitrogens with zero attached hydrogens (tertiary/aromatic N) is 2. The number of anilines is 1. The molecule has 2 aliphatic heterocycles. The summed E-state index contributed by atoms with van der Waals surface area (Å²) in [7, 11) is 0. The monoisotopic (exact) mass is 331 g/mol. The maximum atomic E-state index is 12.4. The zero-order valence-electron chi connectivity index (χ0n) is 13.4. The van der Waals surface area contributed by atoms with Crippen LogP contribution in [0, 0.1) is 0 Å². The minimum absolute atomic E-state index is 0.0767. The van der Waals surface area contributed by atoms with Gasteiger partial charge in [0, 0.05) is 19.5 Å². The van der Waals surface area contributed by atoms with Gasteiger partial charge in [0.05, 0.1) is 30.2 Å². The number of likely N-dealkylation sites (tertiary alicyclic amines) is 1. The molecule has 0 radical (unpaired) electrons. The van der Waals surface area contributed by atoms with E-state index < -0.39 is 6.04 Å².